The first-order valence-electron chi connectivity index (χ1n) is 11.0. The van der Waals surface area contributed by atoms with Crippen LogP contribution >= 0.6 is 0 Å². The number of hydrogen-bond donors (Lipinski definition) is 1. The molecule has 1 heterocycles. The van der Waals surface area contributed by atoms with E-state index in [1.165, 1.54) is 22.9 Å². The Hall–Kier alpha value is -3.27. The minimum atomic E-state index is -5.72. The van der Waals surface area contributed by atoms with Crippen molar-refractivity contribution in [3.8, 4) is 0 Å². The van der Waals surface area contributed by atoms with Gasteiger partial charge in [-0.25, -0.2) is 33.6 Å². The molecule has 8 nitrogen and oxygen atoms in total. The number of benzene rings is 3. The number of sulfone groups is 1. The van der Waals surface area contributed by atoms with E-state index in [1.807, 2.05) is 0 Å². The summed E-state index contributed by atoms with van der Waals surface area (Å²) >= 11 is 0. The van der Waals surface area contributed by atoms with Gasteiger partial charge in [-0.2, -0.15) is 17.9 Å². The van der Waals surface area contributed by atoms with E-state index in [-0.39, 0.29) is 16.5 Å². The molecule has 0 spiro atoms. The summed E-state index contributed by atoms with van der Waals surface area (Å²) in [6.45, 7) is 2.31. The van der Waals surface area contributed by atoms with Crippen LogP contribution in [-0.4, -0.2) is 34.7 Å². The number of fused-ring (bicyclic) bond motifs is 1. The van der Waals surface area contributed by atoms with Crippen molar-refractivity contribution in [3.63, 3.8) is 0 Å². The normalized spacial score (nSPS) is 13.6. The van der Waals surface area contributed by atoms with Gasteiger partial charge in [-0.05, 0) is 61.9 Å². The average Bonchev–Trinajstić information content (AvgIpc) is 3.24. The lowest BCUT2D eigenvalue weighted by atomic mass is 9.96. The van der Waals surface area contributed by atoms with Crippen LogP contribution in [-0.2, 0) is 35.4 Å². The first-order valence-corrected chi connectivity index (χ1v) is 15.4. The zero-order valence-electron chi connectivity index (χ0n) is 20.1. The third-order valence-electron chi connectivity index (χ3n) is 5.82. The van der Waals surface area contributed by atoms with Gasteiger partial charge in [0.15, 0.2) is 5.03 Å². The van der Waals surface area contributed by atoms with Crippen molar-refractivity contribution in [1.29, 1.82) is 0 Å². The standard InChI is InChI=1S/C24H20F4N2O6S3/c1-23(2,29-39(35,36)24(26,27)28)17-10-12-19(13-11-17)37(31,32)22-14-16-6-3-4-9-21(16)30(22)38(33,34)20-8-5-7-18(25)15-20/h3-15,29H,1-2H3. The van der Waals surface area contributed by atoms with E-state index in [0.29, 0.717) is 3.97 Å². The molecule has 0 bridgehead atoms. The molecule has 0 radical (unpaired) electrons. The average molecular weight is 605 g/mol. The second-order valence-electron chi connectivity index (χ2n) is 8.97. The third-order valence-corrected chi connectivity index (χ3v) is 10.8. The van der Waals surface area contributed by atoms with Crippen LogP contribution in [0.5, 0.6) is 0 Å². The number of aromatic nitrogens is 1. The van der Waals surface area contributed by atoms with E-state index >= 15 is 0 Å². The predicted octanol–water partition coefficient (Wildman–Crippen LogP) is 4.52. The van der Waals surface area contributed by atoms with Crippen LogP contribution in [0.15, 0.2) is 93.7 Å². The number of nitrogens with zero attached hydrogens (tertiary/aromatic N) is 1. The summed E-state index contributed by atoms with van der Waals surface area (Å²) in [6.07, 6.45) is 0. The molecule has 4 rings (SSSR count). The van der Waals surface area contributed by atoms with Crippen molar-refractivity contribution in [2.75, 3.05) is 0 Å². The highest BCUT2D eigenvalue weighted by Crippen LogP contribution is 2.33. The lowest BCUT2D eigenvalue weighted by molar-refractivity contribution is -0.0455. The Kier molecular flexibility index (Phi) is 6.95. The maximum atomic E-state index is 13.9. The Morgan fingerprint density at radius 3 is 1.95 bits per heavy atom. The van der Waals surface area contributed by atoms with Gasteiger partial charge in [0, 0.05) is 5.39 Å². The molecular formula is C24H20F4N2O6S3. The molecule has 0 saturated heterocycles. The molecule has 0 aliphatic heterocycles. The molecule has 15 heteroatoms. The summed E-state index contributed by atoms with van der Waals surface area (Å²) in [5, 5.41) is -0.395. The van der Waals surface area contributed by atoms with Gasteiger partial charge in [0.05, 0.1) is 20.8 Å². The minimum absolute atomic E-state index is 0.00204. The summed E-state index contributed by atoms with van der Waals surface area (Å²) < 4.78 is 132. The van der Waals surface area contributed by atoms with Crippen LogP contribution in [0.25, 0.3) is 10.9 Å². The van der Waals surface area contributed by atoms with Gasteiger partial charge < -0.3 is 0 Å². The van der Waals surface area contributed by atoms with Crippen LogP contribution in [0.3, 0.4) is 0 Å². The summed E-state index contributed by atoms with van der Waals surface area (Å²) in [4.78, 5) is -0.909. The van der Waals surface area contributed by atoms with Crippen LogP contribution < -0.4 is 4.72 Å². The Balaban J connectivity index is 1.83. The molecular weight excluding hydrogens is 584 g/mol. The Labute approximate surface area is 221 Å². The van der Waals surface area contributed by atoms with Crippen LogP contribution in [0.1, 0.15) is 19.4 Å². The van der Waals surface area contributed by atoms with E-state index < -0.39 is 61.6 Å². The first-order chi connectivity index (χ1) is 17.9. The molecule has 1 aromatic heterocycles. The fourth-order valence-corrected chi connectivity index (χ4v) is 8.16. The lowest BCUT2D eigenvalue weighted by Crippen LogP contribution is -2.46. The van der Waals surface area contributed by atoms with E-state index in [0.717, 1.165) is 68.4 Å². The number of nitrogens with one attached hydrogen (secondary N) is 1. The molecule has 208 valence electrons. The van der Waals surface area contributed by atoms with Crippen molar-refractivity contribution >= 4 is 40.8 Å². The van der Waals surface area contributed by atoms with Gasteiger partial charge in [-0.1, -0.05) is 36.4 Å². The smallest absolute Gasteiger partial charge is 0.222 e. The second kappa shape index (κ2) is 9.43. The minimum Gasteiger partial charge on any atom is -0.222 e. The number of halogens is 4. The monoisotopic (exact) mass is 604 g/mol. The van der Waals surface area contributed by atoms with Crippen LogP contribution in [0, 0.1) is 5.82 Å². The number of alkyl halides is 3. The second-order valence-corrected chi connectivity index (χ2v) is 14.3. The van der Waals surface area contributed by atoms with Crippen molar-refractivity contribution in [3.05, 3.63) is 90.2 Å². The fraction of sp³-hybridized carbons (Fsp3) is 0.167. The van der Waals surface area contributed by atoms with Gasteiger partial charge in [-0.3, -0.25) is 0 Å². The zero-order chi connectivity index (χ0) is 29.0. The Morgan fingerprint density at radius 1 is 0.744 bits per heavy atom. The Bertz CT molecular complexity index is 1900. The summed E-state index contributed by atoms with van der Waals surface area (Å²) in [6, 6.07) is 15.4. The van der Waals surface area contributed by atoms with Gasteiger partial charge >= 0.3 is 15.5 Å². The topological polar surface area (TPSA) is 119 Å². The van der Waals surface area contributed by atoms with Gasteiger partial charge in [0.2, 0.25) is 9.84 Å². The van der Waals surface area contributed by atoms with Crippen molar-refractivity contribution in [2.45, 2.75) is 39.7 Å². The number of rotatable bonds is 7. The summed E-state index contributed by atoms with van der Waals surface area (Å²) in [5.41, 5.74) is -7.33. The summed E-state index contributed by atoms with van der Waals surface area (Å²) in [5.74, 6) is -0.851. The van der Waals surface area contributed by atoms with E-state index in [1.54, 1.807) is 6.07 Å². The molecule has 0 atom stereocenters. The lowest BCUT2D eigenvalue weighted by Gasteiger charge is -2.27. The highest BCUT2D eigenvalue weighted by molar-refractivity contribution is 7.93. The van der Waals surface area contributed by atoms with E-state index in [2.05, 4.69) is 0 Å². The van der Waals surface area contributed by atoms with Crippen LogP contribution in [0.2, 0.25) is 0 Å². The molecule has 0 saturated carbocycles. The number of sulfonamides is 1. The number of hydrogen-bond acceptors (Lipinski definition) is 6. The molecule has 3 aromatic carbocycles. The quantitative estimate of drug-likeness (QED) is 0.310. The van der Waals surface area contributed by atoms with Crippen molar-refractivity contribution in [2.24, 2.45) is 0 Å². The molecule has 0 amide bonds. The largest absolute Gasteiger partial charge is 0.511 e. The van der Waals surface area contributed by atoms with Gasteiger partial charge in [0.1, 0.15) is 5.82 Å². The molecule has 1 N–H and O–H groups in total. The molecule has 0 fully saturated rings. The maximum Gasteiger partial charge on any atom is 0.511 e. The predicted molar refractivity (Wildman–Crippen MR) is 134 cm³/mol. The zero-order valence-corrected chi connectivity index (χ0v) is 22.6. The van der Waals surface area contributed by atoms with Crippen molar-refractivity contribution < 1.29 is 42.8 Å². The van der Waals surface area contributed by atoms with Crippen molar-refractivity contribution in [1.82, 2.24) is 8.69 Å². The third kappa shape index (κ3) is 5.18. The molecule has 39 heavy (non-hydrogen) atoms. The maximum absolute atomic E-state index is 13.9. The highest BCUT2D eigenvalue weighted by Gasteiger charge is 2.48. The molecule has 4 aromatic rings. The molecule has 0 aliphatic rings. The van der Waals surface area contributed by atoms with Gasteiger partial charge in [0.25, 0.3) is 10.0 Å². The molecule has 0 unspecified atom stereocenters. The fourth-order valence-electron chi connectivity index (χ4n) is 3.90. The van der Waals surface area contributed by atoms with E-state index in [4.69, 9.17) is 0 Å². The Morgan fingerprint density at radius 2 is 1.36 bits per heavy atom. The summed E-state index contributed by atoms with van der Waals surface area (Å²) in [7, 11) is -14.9. The highest BCUT2D eigenvalue weighted by atomic mass is 32.2. The molecule has 0 aliphatic carbocycles. The van der Waals surface area contributed by atoms with E-state index in [9.17, 15) is 42.8 Å². The first kappa shape index (κ1) is 28.7. The van der Waals surface area contributed by atoms with Crippen LogP contribution in [0.4, 0.5) is 17.6 Å². The number of para-hydroxylation sites is 1. The SMILES string of the molecule is CC(C)(NS(=O)(=O)C(F)(F)F)c1ccc(S(=O)(=O)c2cc3ccccc3n2S(=O)(=O)c2cccc(F)c2)cc1. The van der Waals surface area contributed by atoms with Gasteiger partial charge in [-0.15, -0.1) is 0 Å².